The highest BCUT2D eigenvalue weighted by Gasteiger charge is 2.42. The lowest BCUT2D eigenvalue weighted by molar-refractivity contribution is -0.0106. The largest absolute Gasteiger partial charge is 0.481 e. The minimum absolute atomic E-state index is 0.104. The molecule has 0 spiro atoms. The predicted molar refractivity (Wildman–Crippen MR) is 114 cm³/mol. The van der Waals surface area contributed by atoms with Crippen LogP contribution in [0.25, 0.3) is 0 Å². The molecule has 0 unspecified atom stereocenters. The minimum atomic E-state index is -1.76. The van der Waals surface area contributed by atoms with Crippen molar-refractivity contribution >= 4 is 23.4 Å². The molecule has 4 rings (SSSR count). The maximum atomic E-state index is 13.8. The number of β-amino-alcohol motifs (C(OH)–C–C–N with tert-alkyl or cyclic N) is 1. The summed E-state index contributed by atoms with van der Waals surface area (Å²) in [6, 6.07) is 6.57. The van der Waals surface area contributed by atoms with Gasteiger partial charge in [0.05, 0.1) is 12.6 Å². The van der Waals surface area contributed by atoms with Crippen molar-refractivity contribution in [3.05, 3.63) is 53.3 Å². The average molecular weight is 464 g/mol. The number of anilines is 2. The molecule has 2 heterocycles. The highest BCUT2D eigenvalue weighted by molar-refractivity contribution is 5.95. The van der Waals surface area contributed by atoms with Gasteiger partial charge < -0.3 is 30.7 Å². The second-order valence-electron chi connectivity index (χ2n) is 8.04. The van der Waals surface area contributed by atoms with E-state index in [1.54, 1.807) is 18.2 Å². The quantitative estimate of drug-likeness (QED) is 0.526. The van der Waals surface area contributed by atoms with Crippen LogP contribution in [0, 0.1) is 5.82 Å². The fraction of sp³-hybridized carbons (Fsp3) is 0.364. The van der Waals surface area contributed by atoms with Gasteiger partial charge >= 0.3 is 12.1 Å². The Hall–Kier alpha value is -3.47. The fourth-order valence-corrected chi connectivity index (χ4v) is 3.98. The lowest BCUT2D eigenvalue weighted by Crippen LogP contribution is -2.49. The van der Waals surface area contributed by atoms with E-state index in [1.807, 2.05) is 0 Å². The molecule has 11 heteroatoms. The standard InChI is InChI=1S/C22H23F3N4O4/c23-11-22(12-24)9-18(16-7-14(25)2-4-19(16)33-22)27-20(31)26-15-3-1-13-10-29(5-6-30)21(32)28-17(13)8-15/h1-4,7-8,18,30H,5-6,9-12H2,(H,28,32)(H2,26,27,31)/t18-/m1/s1. The van der Waals surface area contributed by atoms with Gasteiger partial charge in [-0.25, -0.2) is 22.8 Å². The van der Waals surface area contributed by atoms with Crippen molar-refractivity contribution in [3.63, 3.8) is 0 Å². The van der Waals surface area contributed by atoms with Gasteiger partial charge in [-0.05, 0) is 35.9 Å². The van der Waals surface area contributed by atoms with Crippen molar-refractivity contribution < 1.29 is 32.6 Å². The van der Waals surface area contributed by atoms with E-state index in [-0.39, 0.29) is 36.9 Å². The van der Waals surface area contributed by atoms with Crippen LogP contribution in [-0.2, 0) is 6.54 Å². The summed E-state index contributed by atoms with van der Waals surface area (Å²) in [5.74, 6) is -0.467. The topological polar surface area (TPSA) is 103 Å². The van der Waals surface area contributed by atoms with Gasteiger partial charge in [-0.3, -0.25) is 0 Å². The van der Waals surface area contributed by atoms with Gasteiger partial charge in [-0.2, -0.15) is 0 Å². The smallest absolute Gasteiger partial charge is 0.322 e. The van der Waals surface area contributed by atoms with Gasteiger partial charge in [0, 0.05) is 36.4 Å². The first-order chi connectivity index (χ1) is 15.9. The molecule has 0 fully saturated rings. The maximum absolute atomic E-state index is 13.8. The Morgan fingerprint density at radius 2 is 2.03 bits per heavy atom. The van der Waals surface area contributed by atoms with Crippen LogP contribution in [0.3, 0.4) is 0 Å². The third kappa shape index (κ3) is 4.68. The number of carbonyl (C=O) groups excluding carboxylic acids is 2. The van der Waals surface area contributed by atoms with Crippen molar-refractivity contribution in [3.8, 4) is 5.75 Å². The highest BCUT2D eigenvalue weighted by Crippen LogP contribution is 2.40. The molecule has 1 atom stereocenters. The number of carbonyl (C=O) groups is 2. The van der Waals surface area contributed by atoms with E-state index in [0.29, 0.717) is 17.9 Å². The molecule has 4 amide bonds. The van der Waals surface area contributed by atoms with E-state index in [2.05, 4.69) is 16.0 Å². The summed E-state index contributed by atoms with van der Waals surface area (Å²) in [7, 11) is 0. The Labute approximate surface area is 187 Å². The molecule has 0 aliphatic carbocycles. The summed E-state index contributed by atoms with van der Waals surface area (Å²) in [6.45, 7) is -1.88. The summed E-state index contributed by atoms with van der Waals surface area (Å²) in [5.41, 5.74) is 0.206. The van der Waals surface area contributed by atoms with Crippen molar-refractivity contribution in [2.45, 2.75) is 24.6 Å². The number of aliphatic hydroxyl groups excluding tert-OH is 1. The minimum Gasteiger partial charge on any atom is -0.481 e. The number of hydrogen-bond acceptors (Lipinski definition) is 4. The average Bonchev–Trinajstić information content (AvgIpc) is 2.80. The molecule has 2 aliphatic heterocycles. The Morgan fingerprint density at radius 3 is 2.76 bits per heavy atom. The van der Waals surface area contributed by atoms with Crippen LogP contribution >= 0.6 is 0 Å². The van der Waals surface area contributed by atoms with E-state index in [9.17, 15) is 22.8 Å². The van der Waals surface area contributed by atoms with Gasteiger partial charge in [0.15, 0.2) is 5.60 Å². The molecule has 2 aliphatic rings. The van der Waals surface area contributed by atoms with E-state index in [4.69, 9.17) is 9.84 Å². The van der Waals surface area contributed by atoms with Gasteiger partial charge in [0.1, 0.15) is 24.9 Å². The van der Waals surface area contributed by atoms with Gasteiger partial charge in [-0.15, -0.1) is 0 Å². The molecule has 0 bridgehead atoms. The van der Waals surface area contributed by atoms with E-state index in [0.717, 1.165) is 17.7 Å². The van der Waals surface area contributed by atoms with Crippen LogP contribution in [0.5, 0.6) is 5.75 Å². The van der Waals surface area contributed by atoms with Crippen molar-refractivity contribution in [2.75, 3.05) is 37.1 Å². The van der Waals surface area contributed by atoms with Gasteiger partial charge in [0.25, 0.3) is 0 Å². The first kappa shape index (κ1) is 22.7. The number of benzene rings is 2. The van der Waals surface area contributed by atoms with Crippen LogP contribution in [0.1, 0.15) is 23.6 Å². The number of aliphatic hydroxyl groups is 1. The number of alkyl halides is 2. The van der Waals surface area contributed by atoms with Crippen LogP contribution in [0.4, 0.5) is 34.1 Å². The van der Waals surface area contributed by atoms with E-state index in [1.165, 1.54) is 11.0 Å². The molecular formula is C22H23F3N4O4. The molecule has 4 N–H and O–H groups in total. The van der Waals surface area contributed by atoms with Crippen molar-refractivity contribution in [1.29, 1.82) is 0 Å². The third-order valence-corrected chi connectivity index (χ3v) is 5.67. The van der Waals surface area contributed by atoms with Crippen LogP contribution in [0.2, 0.25) is 0 Å². The molecule has 2 aromatic carbocycles. The SMILES string of the molecule is O=C(Nc1ccc2c(c1)NC(=O)N(CCO)C2)N[C@@H]1CC(CF)(CF)Oc2ccc(F)cc21. The second-order valence-corrected chi connectivity index (χ2v) is 8.04. The molecule has 2 aromatic rings. The molecule has 0 saturated carbocycles. The van der Waals surface area contributed by atoms with E-state index >= 15 is 0 Å². The first-order valence-electron chi connectivity index (χ1n) is 10.3. The first-order valence-corrected chi connectivity index (χ1v) is 10.3. The molecule has 176 valence electrons. The Bertz CT molecular complexity index is 1060. The maximum Gasteiger partial charge on any atom is 0.322 e. The highest BCUT2D eigenvalue weighted by atomic mass is 19.1. The number of ether oxygens (including phenoxy) is 1. The van der Waals surface area contributed by atoms with Crippen LogP contribution in [0.15, 0.2) is 36.4 Å². The summed E-state index contributed by atoms with van der Waals surface area (Å²) >= 11 is 0. The number of nitrogens with one attached hydrogen (secondary N) is 3. The zero-order chi connectivity index (χ0) is 23.6. The predicted octanol–water partition coefficient (Wildman–Crippen LogP) is 3.49. The van der Waals surface area contributed by atoms with E-state index < -0.39 is 36.8 Å². The molecular weight excluding hydrogens is 441 g/mol. The Balaban J connectivity index is 1.49. The summed E-state index contributed by atoms with van der Waals surface area (Å²) < 4.78 is 46.5. The lowest BCUT2D eigenvalue weighted by Gasteiger charge is -2.39. The lowest BCUT2D eigenvalue weighted by atomic mass is 9.88. The molecule has 33 heavy (non-hydrogen) atoms. The zero-order valence-corrected chi connectivity index (χ0v) is 17.5. The molecule has 0 saturated heterocycles. The number of fused-ring (bicyclic) bond motifs is 2. The summed E-state index contributed by atoms with van der Waals surface area (Å²) in [5, 5.41) is 17.0. The Morgan fingerprint density at radius 1 is 1.24 bits per heavy atom. The van der Waals surface area contributed by atoms with Crippen LogP contribution < -0.4 is 20.7 Å². The molecule has 8 nitrogen and oxygen atoms in total. The second kappa shape index (κ2) is 9.18. The van der Waals surface area contributed by atoms with Crippen molar-refractivity contribution in [2.24, 2.45) is 0 Å². The number of hydrogen-bond donors (Lipinski definition) is 4. The van der Waals surface area contributed by atoms with Crippen LogP contribution in [-0.4, -0.2) is 54.2 Å². The number of halogens is 3. The third-order valence-electron chi connectivity index (χ3n) is 5.67. The Kier molecular flexibility index (Phi) is 6.32. The normalized spacial score (nSPS) is 18.5. The molecule has 0 radical (unpaired) electrons. The fourth-order valence-electron chi connectivity index (χ4n) is 3.98. The number of nitrogens with zero attached hydrogens (tertiary/aromatic N) is 1. The van der Waals surface area contributed by atoms with Gasteiger partial charge in [-0.1, -0.05) is 6.07 Å². The molecule has 0 aromatic heterocycles. The van der Waals surface area contributed by atoms with Gasteiger partial charge in [0.2, 0.25) is 0 Å². The zero-order valence-electron chi connectivity index (χ0n) is 17.5. The van der Waals surface area contributed by atoms with Crippen molar-refractivity contribution in [1.82, 2.24) is 10.2 Å². The number of rotatable bonds is 6. The monoisotopic (exact) mass is 464 g/mol. The summed E-state index contributed by atoms with van der Waals surface area (Å²) in [6.07, 6.45) is -0.217. The summed E-state index contributed by atoms with van der Waals surface area (Å²) in [4.78, 5) is 26.2. The number of amides is 4. The number of urea groups is 2.